The van der Waals surface area contributed by atoms with Crippen molar-refractivity contribution in [1.82, 2.24) is 9.71 Å². The van der Waals surface area contributed by atoms with Crippen LogP contribution in [0.5, 0.6) is 0 Å². The highest BCUT2D eigenvalue weighted by Crippen LogP contribution is 2.12. The molecule has 2 rings (SSSR count). The van der Waals surface area contributed by atoms with Crippen molar-refractivity contribution in [2.75, 3.05) is 13.2 Å². The third-order valence-electron chi connectivity index (χ3n) is 2.84. The number of aromatic nitrogens is 1. The number of amides is 1. The number of nitrogens with two attached hydrogens (primary N) is 1. The molecule has 3 N–H and O–H groups in total. The number of nitrogens with one attached hydrogen (secondary N) is 1. The van der Waals surface area contributed by atoms with Gasteiger partial charge in [0.05, 0.1) is 5.56 Å². The normalized spacial score (nSPS) is 17.3. The molecule has 1 aromatic heterocycles. The fraction of sp³-hybridized carbons (Fsp3) is 0.455. The first-order chi connectivity index (χ1) is 8.99. The first-order valence-electron chi connectivity index (χ1n) is 5.85. The van der Waals surface area contributed by atoms with E-state index < -0.39 is 15.9 Å². The zero-order valence-electron chi connectivity index (χ0n) is 10.2. The van der Waals surface area contributed by atoms with Gasteiger partial charge in [-0.05, 0) is 25.0 Å². The molecule has 8 heteroatoms. The second-order valence-electron chi connectivity index (χ2n) is 4.26. The van der Waals surface area contributed by atoms with E-state index in [1.807, 2.05) is 0 Å². The molecule has 0 saturated carbocycles. The Bertz CT molecular complexity index is 550. The molecule has 0 radical (unpaired) electrons. The standard InChI is InChI=1S/C11H15N3O4S/c12-11(15)8-1-2-10(13-7-8)19(16,17)14-9-3-5-18-6-4-9/h1-2,7,9,14H,3-6H2,(H2,12,15). The fourth-order valence-corrected chi connectivity index (χ4v) is 3.01. The lowest BCUT2D eigenvalue weighted by molar-refractivity contribution is 0.0832. The van der Waals surface area contributed by atoms with Gasteiger partial charge in [0.2, 0.25) is 5.91 Å². The van der Waals surface area contributed by atoms with E-state index in [-0.39, 0.29) is 16.6 Å². The number of ether oxygens (including phenoxy) is 1. The third-order valence-corrected chi connectivity index (χ3v) is 4.28. The molecular weight excluding hydrogens is 270 g/mol. The summed E-state index contributed by atoms with van der Waals surface area (Å²) < 4.78 is 31.8. The number of sulfonamides is 1. The first-order valence-corrected chi connectivity index (χ1v) is 7.33. The van der Waals surface area contributed by atoms with Crippen molar-refractivity contribution in [3.63, 3.8) is 0 Å². The maximum atomic E-state index is 12.1. The number of rotatable bonds is 4. The average Bonchev–Trinajstić information content (AvgIpc) is 2.39. The summed E-state index contributed by atoms with van der Waals surface area (Å²) in [6, 6.07) is 2.46. The zero-order valence-corrected chi connectivity index (χ0v) is 11.0. The Hall–Kier alpha value is -1.51. The van der Waals surface area contributed by atoms with Crippen LogP contribution in [0.1, 0.15) is 23.2 Å². The number of primary amides is 1. The molecule has 1 aromatic rings. The molecule has 19 heavy (non-hydrogen) atoms. The molecule has 0 bridgehead atoms. The van der Waals surface area contributed by atoms with Crippen LogP contribution in [-0.2, 0) is 14.8 Å². The summed E-state index contributed by atoms with van der Waals surface area (Å²) in [4.78, 5) is 14.6. The molecule has 7 nitrogen and oxygen atoms in total. The van der Waals surface area contributed by atoms with E-state index >= 15 is 0 Å². The lowest BCUT2D eigenvalue weighted by Crippen LogP contribution is -2.39. The molecule has 104 valence electrons. The van der Waals surface area contributed by atoms with Crippen LogP contribution >= 0.6 is 0 Å². The van der Waals surface area contributed by atoms with Crippen LogP contribution in [0.4, 0.5) is 0 Å². The van der Waals surface area contributed by atoms with Crippen molar-refractivity contribution >= 4 is 15.9 Å². The molecule has 0 aromatic carbocycles. The van der Waals surface area contributed by atoms with Crippen LogP contribution < -0.4 is 10.5 Å². The van der Waals surface area contributed by atoms with Crippen molar-refractivity contribution < 1.29 is 17.9 Å². The van der Waals surface area contributed by atoms with Crippen molar-refractivity contribution in [3.05, 3.63) is 23.9 Å². The van der Waals surface area contributed by atoms with E-state index in [9.17, 15) is 13.2 Å². The van der Waals surface area contributed by atoms with E-state index in [1.54, 1.807) is 0 Å². The summed E-state index contributed by atoms with van der Waals surface area (Å²) in [7, 11) is -3.67. The topological polar surface area (TPSA) is 111 Å². The van der Waals surface area contributed by atoms with E-state index in [1.165, 1.54) is 12.1 Å². The summed E-state index contributed by atoms with van der Waals surface area (Å²) in [6.07, 6.45) is 2.43. The number of nitrogens with zero attached hydrogens (tertiary/aromatic N) is 1. The number of hydrogen-bond donors (Lipinski definition) is 2. The molecule has 2 heterocycles. The highest BCUT2D eigenvalue weighted by Gasteiger charge is 2.23. The Morgan fingerprint density at radius 1 is 1.37 bits per heavy atom. The molecule has 0 atom stereocenters. The van der Waals surface area contributed by atoms with Gasteiger partial charge in [-0.15, -0.1) is 0 Å². The van der Waals surface area contributed by atoms with Gasteiger partial charge >= 0.3 is 0 Å². The van der Waals surface area contributed by atoms with E-state index in [0.717, 1.165) is 6.20 Å². The van der Waals surface area contributed by atoms with Gasteiger partial charge in [-0.25, -0.2) is 18.1 Å². The second kappa shape index (κ2) is 5.64. The van der Waals surface area contributed by atoms with Gasteiger partial charge in [0.1, 0.15) is 0 Å². The predicted molar refractivity (Wildman–Crippen MR) is 66.9 cm³/mol. The van der Waals surface area contributed by atoms with Gasteiger partial charge in [-0.1, -0.05) is 0 Å². The molecule has 1 fully saturated rings. The first kappa shape index (κ1) is 13.9. The summed E-state index contributed by atoms with van der Waals surface area (Å²) >= 11 is 0. The van der Waals surface area contributed by atoms with Crippen molar-refractivity contribution in [3.8, 4) is 0 Å². The molecule has 0 aliphatic carbocycles. The molecule has 1 aliphatic rings. The van der Waals surface area contributed by atoms with Gasteiger partial charge in [-0.3, -0.25) is 4.79 Å². The second-order valence-corrected chi connectivity index (χ2v) is 5.92. The smallest absolute Gasteiger partial charge is 0.258 e. The van der Waals surface area contributed by atoms with E-state index in [2.05, 4.69) is 9.71 Å². The predicted octanol–water partition coefficient (Wildman–Crippen LogP) is -0.362. The minimum Gasteiger partial charge on any atom is -0.381 e. The van der Waals surface area contributed by atoms with Crippen molar-refractivity contribution in [2.45, 2.75) is 23.9 Å². The Labute approximate surface area is 111 Å². The zero-order chi connectivity index (χ0) is 13.9. The molecule has 1 saturated heterocycles. The van der Waals surface area contributed by atoms with Crippen LogP contribution in [0.2, 0.25) is 0 Å². The monoisotopic (exact) mass is 285 g/mol. The third kappa shape index (κ3) is 3.49. The lowest BCUT2D eigenvalue weighted by Gasteiger charge is -2.22. The van der Waals surface area contributed by atoms with Crippen LogP contribution in [0, 0.1) is 0 Å². The van der Waals surface area contributed by atoms with Gasteiger partial charge in [-0.2, -0.15) is 0 Å². The summed E-state index contributed by atoms with van der Waals surface area (Å²) in [5.41, 5.74) is 5.24. The van der Waals surface area contributed by atoms with Gasteiger partial charge in [0.15, 0.2) is 5.03 Å². The van der Waals surface area contributed by atoms with Crippen molar-refractivity contribution in [2.24, 2.45) is 5.73 Å². The SMILES string of the molecule is NC(=O)c1ccc(S(=O)(=O)NC2CCOCC2)nc1. The largest absolute Gasteiger partial charge is 0.381 e. The molecule has 0 spiro atoms. The van der Waals surface area contributed by atoms with E-state index in [4.69, 9.17) is 10.5 Å². The maximum absolute atomic E-state index is 12.1. The highest BCUT2D eigenvalue weighted by atomic mass is 32.2. The van der Waals surface area contributed by atoms with Gasteiger partial charge < -0.3 is 10.5 Å². The van der Waals surface area contributed by atoms with Crippen LogP contribution in [0.3, 0.4) is 0 Å². The van der Waals surface area contributed by atoms with Crippen LogP contribution in [0.25, 0.3) is 0 Å². The Morgan fingerprint density at radius 2 is 2.05 bits per heavy atom. The summed E-state index contributed by atoms with van der Waals surface area (Å²) in [5.74, 6) is -0.645. The molecule has 0 unspecified atom stereocenters. The summed E-state index contributed by atoms with van der Waals surface area (Å²) in [5, 5.41) is -0.121. The number of pyridine rings is 1. The average molecular weight is 285 g/mol. The van der Waals surface area contributed by atoms with Gasteiger partial charge in [0, 0.05) is 25.5 Å². The highest BCUT2D eigenvalue weighted by molar-refractivity contribution is 7.89. The van der Waals surface area contributed by atoms with Crippen LogP contribution in [0.15, 0.2) is 23.4 Å². The Morgan fingerprint density at radius 3 is 2.58 bits per heavy atom. The number of carbonyl (C=O) groups excluding carboxylic acids is 1. The number of carbonyl (C=O) groups is 1. The molecular formula is C11H15N3O4S. The quantitative estimate of drug-likeness (QED) is 0.784. The fourth-order valence-electron chi connectivity index (χ4n) is 1.78. The van der Waals surface area contributed by atoms with E-state index in [0.29, 0.717) is 26.1 Å². The molecule has 1 amide bonds. The van der Waals surface area contributed by atoms with Crippen molar-refractivity contribution in [1.29, 1.82) is 0 Å². The minimum atomic E-state index is -3.67. The lowest BCUT2D eigenvalue weighted by atomic mass is 10.1. The van der Waals surface area contributed by atoms with Gasteiger partial charge in [0.25, 0.3) is 10.0 Å². The Balaban J connectivity index is 2.12. The maximum Gasteiger partial charge on any atom is 0.258 e. The van der Waals surface area contributed by atoms with Crippen LogP contribution in [-0.4, -0.2) is 38.6 Å². The minimum absolute atomic E-state index is 0.121. The number of hydrogen-bond acceptors (Lipinski definition) is 5. The molecule has 1 aliphatic heterocycles. The summed E-state index contributed by atoms with van der Waals surface area (Å²) in [6.45, 7) is 1.09. The Kier molecular flexibility index (Phi) is 4.13.